The van der Waals surface area contributed by atoms with E-state index in [9.17, 15) is 19.3 Å². The molecule has 0 aromatic heterocycles. The number of hydrogen-bond donors (Lipinski definition) is 1. The molecular formula is C11H10FN3O3. The Morgan fingerprint density at radius 1 is 1.56 bits per heavy atom. The first-order valence-corrected chi connectivity index (χ1v) is 5.29. The normalized spacial score (nSPS) is 19.1. The van der Waals surface area contributed by atoms with Gasteiger partial charge in [-0.1, -0.05) is 6.92 Å². The summed E-state index contributed by atoms with van der Waals surface area (Å²) in [6.07, 6.45) is 0.254. The van der Waals surface area contributed by atoms with E-state index >= 15 is 0 Å². The highest BCUT2D eigenvalue weighted by Crippen LogP contribution is 2.22. The topological polar surface area (TPSA) is 84.6 Å². The van der Waals surface area contributed by atoms with Gasteiger partial charge in [0.15, 0.2) is 0 Å². The Balaban J connectivity index is 2.43. The van der Waals surface area contributed by atoms with E-state index in [1.54, 1.807) is 6.92 Å². The fraction of sp³-hybridized carbons (Fsp3) is 0.273. The summed E-state index contributed by atoms with van der Waals surface area (Å²) in [5, 5.41) is 14.5. The van der Waals surface area contributed by atoms with Crippen LogP contribution in [0.25, 0.3) is 0 Å². The van der Waals surface area contributed by atoms with Crippen LogP contribution in [-0.4, -0.2) is 16.5 Å². The lowest BCUT2D eigenvalue weighted by molar-refractivity contribution is -0.387. The minimum absolute atomic E-state index is 0.163. The number of carbonyl (C=O) groups is 1. The van der Waals surface area contributed by atoms with Gasteiger partial charge in [-0.3, -0.25) is 14.9 Å². The lowest BCUT2D eigenvalue weighted by atomic mass is 9.94. The predicted molar refractivity (Wildman–Crippen MR) is 61.5 cm³/mol. The average Bonchev–Trinajstić information content (AvgIpc) is 2.30. The van der Waals surface area contributed by atoms with Crippen LogP contribution >= 0.6 is 0 Å². The number of amides is 1. The van der Waals surface area contributed by atoms with Crippen LogP contribution in [0.3, 0.4) is 0 Å². The minimum Gasteiger partial charge on any atom is -0.273 e. The molecule has 0 spiro atoms. The molecule has 2 rings (SSSR count). The zero-order valence-electron chi connectivity index (χ0n) is 9.51. The maximum atomic E-state index is 13.2. The van der Waals surface area contributed by atoms with Crippen LogP contribution in [0.5, 0.6) is 0 Å². The van der Waals surface area contributed by atoms with Crippen molar-refractivity contribution in [1.82, 2.24) is 5.43 Å². The maximum Gasteiger partial charge on any atom is 0.305 e. The van der Waals surface area contributed by atoms with E-state index in [4.69, 9.17) is 0 Å². The van der Waals surface area contributed by atoms with Crippen molar-refractivity contribution >= 4 is 17.3 Å². The Morgan fingerprint density at radius 2 is 2.28 bits per heavy atom. The molecule has 1 heterocycles. The van der Waals surface area contributed by atoms with Crippen molar-refractivity contribution in [2.45, 2.75) is 13.3 Å². The summed E-state index contributed by atoms with van der Waals surface area (Å²) in [6, 6.07) is 3.57. The summed E-state index contributed by atoms with van der Waals surface area (Å²) < 4.78 is 13.2. The van der Waals surface area contributed by atoms with Gasteiger partial charge in [0, 0.05) is 24.0 Å². The van der Waals surface area contributed by atoms with Gasteiger partial charge in [-0.15, -0.1) is 0 Å². The molecule has 6 nitrogen and oxygen atoms in total. The van der Waals surface area contributed by atoms with Gasteiger partial charge in [0.25, 0.3) is 0 Å². The van der Waals surface area contributed by atoms with E-state index in [2.05, 4.69) is 10.5 Å². The van der Waals surface area contributed by atoms with Crippen molar-refractivity contribution in [3.05, 3.63) is 39.7 Å². The quantitative estimate of drug-likeness (QED) is 0.639. The zero-order valence-corrected chi connectivity index (χ0v) is 9.51. The second kappa shape index (κ2) is 4.52. The lowest BCUT2D eigenvalue weighted by Gasteiger charge is -2.18. The molecule has 0 saturated heterocycles. The van der Waals surface area contributed by atoms with Gasteiger partial charge < -0.3 is 0 Å². The van der Waals surface area contributed by atoms with Crippen LogP contribution in [0.2, 0.25) is 0 Å². The second-order valence-electron chi connectivity index (χ2n) is 4.06. The molecule has 1 amide bonds. The van der Waals surface area contributed by atoms with Crippen molar-refractivity contribution in [1.29, 1.82) is 0 Å². The SMILES string of the molecule is CC1CC(=O)NN=C1c1ccc(F)c([N+](=O)[O-])c1. The standard InChI is InChI=1S/C11H10FN3O3/c1-6-4-10(16)13-14-11(6)7-2-3-8(12)9(5-7)15(17)18/h2-3,5-6H,4H2,1H3,(H,13,16). The van der Waals surface area contributed by atoms with Crippen LogP contribution in [0.1, 0.15) is 18.9 Å². The number of nitrogens with one attached hydrogen (secondary N) is 1. The summed E-state index contributed by atoms with van der Waals surface area (Å²) in [6.45, 7) is 1.78. The van der Waals surface area contributed by atoms with Gasteiger partial charge in [0.1, 0.15) is 0 Å². The van der Waals surface area contributed by atoms with Crippen LogP contribution in [0.4, 0.5) is 10.1 Å². The molecule has 18 heavy (non-hydrogen) atoms. The van der Waals surface area contributed by atoms with E-state index in [1.807, 2.05) is 0 Å². The van der Waals surface area contributed by atoms with Crippen LogP contribution in [0.15, 0.2) is 23.3 Å². The Morgan fingerprint density at radius 3 is 2.89 bits per heavy atom. The number of rotatable bonds is 2. The van der Waals surface area contributed by atoms with Gasteiger partial charge in [-0.05, 0) is 12.1 Å². The highest BCUT2D eigenvalue weighted by atomic mass is 19.1. The third-order valence-electron chi connectivity index (χ3n) is 2.70. The van der Waals surface area contributed by atoms with E-state index in [0.29, 0.717) is 11.3 Å². The van der Waals surface area contributed by atoms with Gasteiger partial charge in [0.05, 0.1) is 10.6 Å². The molecule has 1 unspecified atom stereocenters. The smallest absolute Gasteiger partial charge is 0.273 e. The number of nitro benzene ring substituents is 1. The Kier molecular flexibility index (Phi) is 3.05. The van der Waals surface area contributed by atoms with Crippen LogP contribution < -0.4 is 5.43 Å². The highest BCUT2D eigenvalue weighted by molar-refractivity contribution is 6.06. The van der Waals surface area contributed by atoms with E-state index in [-0.39, 0.29) is 18.2 Å². The number of nitro groups is 1. The van der Waals surface area contributed by atoms with Crippen LogP contribution in [0, 0.1) is 21.8 Å². The fourth-order valence-corrected chi connectivity index (χ4v) is 1.81. The van der Waals surface area contributed by atoms with Crippen molar-refractivity contribution < 1.29 is 14.1 Å². The molecule has 1 aliphatic heterocycles. The van der Waals surface area contributed by atoms with Gasteiger partial charge in [-0.2, -0.15) is 9.49 Å². The molecule has 1 aromatic carbocycles. The zero-order chi connectivity index (χ0) is 13.3. The third-order valence-corrected chi connectivity index (χ3v) is 2.70. The second-order valence-corrected chi connectivity index (χ2v) is 4.06. The third kappa shape index (κ3) is 2.20. The van der Waals surface area contributed by atoms with Crippen molar-refractivity contribution in [2.75, 3.05) is 0 Å². The molecule has 0 radical (unpaired) electrons. The van der Waals surface area contributed by atoms with E-state index < -0.39 is 16.4 Å². The van der Waals surface area contributed by atoms with Crippen molar-refractivity contribution in [2.24, 2.45) is 11.0 Å². The number of nitrogens with zero attached hydrogens (tertiary/aromatic N) is 2. The summed E-state index contributed by atoms with van der Waals surface area (Å²) in [7, 11) is 0. The lowest BCUT2D eigenvalue weighted by Crippen LogP contribution is -2.32. The molecule has 0 saturated carbocycles. The van der Waals surface area contributed by atoms with Crippen LogP contribution in [-0.2, 0) is 4.79 Å². The van der Waals surface area contributed by atoms with Gasteiger partial charge in [-0.25, -0.2) is 5.43 Å². The summed E-state index contributed by atoms with van der Waals surface area (Å²) in [5.74, 6) is -1.26. The molecule has 0 fully saturated rings. The number of benzene rings is 1. The minimum atomic E-state index is -0.892. The predicted octanol–water partition coefficient (Wildman–Crippen LogP) is 1.59. The number of hydrogen-bond acceptors (Lipinski definition) is 4. The van der Waals surface area contributed by atoms with E-state index in [0.717, 1.165) is 12.1 Å². The molecule has 1 atom stereocenters. The summed E-state index contributed by atoms with van der Waals surface area (Å²) in [4.78, 5) is 21.0. The Hall–Kier alpha value is -2.31. The maximum absolute atomic E-state index is 13.2. The largest absolute Gasteiger partial charge is 0.305 e. The summed E-state index contributed by atoms with van der Waals surface area (Å²) >= 11 is 0. The molecule has 1 aliphatic rings. The van der Waals surface area contributed by atoms with Crippen molar-refractivity contribution in [3.8, 4) is 0 Å². The molecule has 0 aliphatic carbocycles. The molecular weight excluding hydrogens is 241 g/mol. The number of halogens is 1. The van der Waals surface area contributed by atoms with Gasteiger partial charge >= 0.3 is 5.69 Å². The molecule has 94 valence electrons. The number of carbonyl (C=O) groups excluding carboxylic acids is 1. The monoisotopic (exact) mass is 251 g/mol. The number of hydrazone groups is 1. The molecule has 1 N–H and O–H groups in total. The first kappa shape index (κ1) is 12.2. The molecule has 7 heteroatoms. The Labute approximate surface area is 102 Å². The average molecular weight is 251 g/mol. The first-order valence-electron chi connectivity index (χ1n) is 5.29. The van der Waals surface area contributed by atoms with Crippen molar-refractivity contribution in [3.63, 3.8) is 0 Å². The molecule has 1 aromatic rings. The molecule has 0 bridgehead atoms. The Bertz CT molecular complexity index is 556. The highest BCUT2D eigenvalue weighted by Gasteiger charge is 2.24. The van der Waals surface area contributed by atoms with E-state index in [1.165, 1.54) is 6.07 Å². The first-order chi connectivity index (χ1) is 8.49. The summed E-state index contributed by atoms with van der Waals surface area (Å²) in [5.41, 5.74) is 2.66. The van der Waals surface area contributed by atoms with Gasteiger partial charge in [0.2, 0.25) is 11.7 Å². The fourth-order valence-electron chi connectivity index (χ4n) is 1.81.